The molecule has 4 atom stereocenters. The highest BCUT2D eigenvalue weighted by atomic mass is 32.1. The minimum atomic E-state index is -3.03. The lowest BCUT2D eigenvalue weighted by atomic mass is 9.97. The Morgan fingerprint density at radius 3 is 2.70 bits per heavy atom. The molecule has 1 aromatic heterocycles. The van der Waals surface area contributed by atoms with E-state index < -0.39 is 42.1 Å². The van der Waals surface area contributed by atoms with Crippen molar-refractivity contribution in [3.05, 3.63) is 16.8 Å². The summed E-state index contributed by atoms with van der Waals surface area (Å²) in [5.41, 5.74) is 2.53. The summed E-state index contributed by atoms with van der Waals surface area (Å²) >= 11 is 4.78. The van der Waals surface area contributed by atoms with Crippen molar-refractivity contribution in [2.24, 2.45) is 0 Å². The molecule has 6 nitrogen and oxygen atoms in total. The van der Waals surface area contributed by atoms with Gasteiger partial charge < -0.3 is 20.7 Å². The van der Waals surface area contributed by atoms with E-state index in [9.17, 15) is 18.3 Å². The Morgan fingerprint density at radius 2 is 2.20 bits per heavy atom. The number of hydrogen-bond acceptors (Lipinski definition) is 6. The Bertz CT molecular complexity index is 597. The van der Waals surface area contributed by atoms with Crippen molar-refractivity contribution < 1.29 is 28.1 Å². The topological polar surface area (TPSA) is 93.5 Å². The van der Waals surface area contributed by atoms with Gasteiger partial charge in [-0.2, -0.15) is 4.98 Å². The van der Waals surface area contributed by atoms with Crippen LogP contribution in [-0.2, 0) is 4.74 Å². The third kappa shape index (κ3) is 2.08. The first-order valence-corrected chi connectivity index (χ1v) is 5.93. The number of nitrogens with zero attached hydrogens (tertiary/aromatic N) is 2. The summed E-state index contributed by atoms with van der Waals surface area (Å²) < 4.78 is 46.9. The zero-order valence-electron chi connectivity index (χ0n) is 10.3. The third-order valence-corrected chi connectivity index (χ3v) is 3.44. The number of anilines is 1. The normalized spacial score (nSPS) is 37.3. The summed E-state index contributed by atoms with van der Waals surface area (Å²) in [6.45, 7) is -0.433. The Kier molecular flexibility index (Phi) is 3.53. The lowest BCUT2D eigenvalue weighted by Gasteiger charge is -2.25. The number of aromatic nitrogens is 2. The summed E-state index contributed by atoms with van der Waals surface area (Å²) in [7, 11) is 0. The molecule has 2 heterocycles. The number of rotatable bonds is 2. The zero-order chi connectivity index (χ0) is 15.3. The van der Waals surface area contributed by atoms with Crippen LogP contribution in [0, 0.1) is 10.6 Å². The van der Waals surface area contributed by atoms with E-state index in [0.29, 0.717) is 10.8 Å². The van der Waals surface area contributed by atoms with Gasteiger partial charge in [0.1, 0.15) is 6.61 Å². The third-order valence-electron chi connectivity index (χ3n) is 3.14. The summed E-state index contributed by atoms with van der Waals surface area (Å²) in [6.07, 6.45) is -3.39. The van der Waals surface area contributed by atoms with Gasteiger partial charge in [-0.1, -0.05) is 0 Å². The average molecular weight is 311 g/mol. The van der Waals surface area contributed by atoms with Gasteiger partial charge in [0.2, 0.25) is 4.77 Å². The molecule has 2 rings (SSSR count). The largest absolute Gasteiger partial charge is 0.390 e. The fourth-order valence-electron chi connectivity index (χ4n) is 2.00. The maximum absolute atomic E-state index is 14.5. The van der Waals surface area contributed by atoms with Crippen molar-refractivity contribution in [1.82, 2.24) is 9.55 Å². The number of nitrogen functional groups attached to an aromatic ring is 1. The highest BCUT2D eigenvalue weighted by Crippen LogP contribution is 2.47. The fraction of sp³-hybridized carbons (Fsp3) is 0.600. The lowest BCUT2D eigenvalue weighted by molar-refractivity contribution is -0.207. The second-order valence-electron chi connectivity index (χ2n) is 4.63. The smallest absolute Gasteiger partial charge is 0.263 e. The molecule has 0 aromatic carbocycles. The fourth-order valence-corrected chi connectivity index (χ4v) is 2.25. The van der Waals surface area contributed by atoms with E-state index in [-0.39, 0.29) is 4.77 Å². The van der Waals surface area contributed by atoms with Gasteiger partial charge >= 0.3 is 0 Å². The maximum atomic E-state index is 14.5. The van der Waals surface area contributed by atoms with Crippen LogP contribution in [0.4, 0.5) is 19.0 Å². The van der Waals surface area contributed by atoms with Gasteiger partial charge in [-0.3, -0.25) is 4.57 Å². The molecule has 0 amide bonds. The number of nitrogens with two attached hydrogens (primary N) is 1. The summed E-state index contributed by atoms with van der Waals surface area (Å²) in [5, 5.41) is 18.5. The van der Waals surface area contributed by atoms with E-state index in [0.717, 1.165) is 6.92 Å². The molecule has 4 unspecified atom stereocenters. The van der Waals surface area contributed by atoms with E-state index in [4.69, 9.17) is 27.8 Å². The average Bonchev–Trinajstić information content (AvgIpc) is 2.56. The molecule has 1 fully saturated rings. The molecule has 20 heavy (non-hydrogen) atoms. The predicted molar refractivity (Wildman–Crippen MR) is 64.0 cm³/mol. The Labute approximate surface area is 116 Å². The molecule has 0 aliphatic carbocycles. The summed E-state index contributed by atoms with van der Waals surface area (Å²) in [5.74, 6) is -4.53. The van der Waals surface area contributed by atoms with Crippen molar-refractivity contribution in [2.75, 3.05) is 12.3 Å². The number of ether oxygens (including phenoxy) is 1. The van der Waals surface area contributed by atoms with Crippen LogP contribution < -0.4 is 5.73 Å². The van der Waals surface area contributed by atoms with Crippen molar-refractivity contribution >= 4 is 18.0 Å². The van der Waals surface area contributed by atoms with Crippen LogP contribution in [0.2, 0.25) is 0 Å². The van der Waals surface area contributed by atoms with Gasteiger partial charge in [-0.05, 0) is 19.1 Å². The second-order valence-corrected chi connectivity index (χ2v) is 5.00. The van der Waals surface area contributed by atoms with E-state index in [1.54, 1.807) is 0 Å². The number of hydrogen-bond donors (Lipinski definition) is 3. The monoisotopic (exact) mass is 311 g/mol. The van der Waals surface area contributed by atoms with E-state index >= 15 is 0 Å². The molecule has 1 aliphatic heterocycles. The van der Waals surface area contributed by atoms with E-state index in [2.05, 4.69) is 4.98 Å². The molecule has 0 bridgehead atoms. The molecule has 1 aliphatic rings. The second kappa shape index (κ2) is 4.65. The van der Waals surface area contributed by atoms with Crippen LogP contribution in [0.25, 0.3) is 0 Å². The molecular formula is C10H12F3N3O3S. The Morgan fingerprint density at radius 1 is 1.60 bits per heavy atom. The zero-order valence-corrected chi connectivity index (χ0v) is 11.1. The molecule has 10 heteroatoms. The van der Waals surface area contributed by atoms with Crippen molar-refractivity contribution in [3.8, 4) is 0 Å². The molecule has 1 aromatic rings. The number of aliphatic hydroxyl groups excluding tert-OH is 2. The molecule has 0 spiro atoms. The molecule has 4 N–H and O–H groups in total. The van der Waals surface area contributed by atoms with Crippen LogP contribution in [0.3, 0.4) is 0 Å². The van der Waals surface area contributed by atoms with Crippen molar-refractivity contribution in [1.29, 1.82) is 0 Å². The lowest BCUT2D eigenvalue weighted by Crippen LogP contribution is -2.46. The van der Waals surface area contributed by atoms with Gasteiger partial charge in [-0.25, -0.2) is 13.2 Å². The Hall–Kier alpha value is -1.23. The van der Waals surface area contributed by atoms with Crippen LogP contribution in [0.5, 0.6) is 0 Å². The quantitative estimate of drug-likeness (QED) is 0.693. The molecule has 1 saturated heterocycles. The van der Waals surface area contributed by atoms with Crippen LogP contribution >= 0.6 is 12.2 Å². The van der Waals surface area contributed by atoms with Crippen LogP contribution in [0.1, 0.15) is 13.2 Å². The molecular weight excluding hydrogens is 299 g/mol. The first-order valence-electron chi connectivity index (χ1n) is 5.52. The minimum absolute atomic E-state index is 0.354. The van der Waals surface area contributed by atoms with Gasteiger partial charge in [0.15, 0.2) is 29.6 Å². The highest BCUT2D eigenvalue weighted by molar-refractivity contribution is 7.71. The molecule has 0 saturated carbocycles. The highest BCUT2D eigenvalue weighted by Gasteiger charge is 2.64. The summed E-state index contributed by atoms with van der Waals surface area (Å²) in [4.78, 5) is 3.45. The number of halogens is 3. The van der Waals surface area contributed by atoms with E-state index in [1.165, 1.54) is 0 Å². The number of alkyl halides is 2. The van der Waals surface area contributed by atoms with Crippen LogP contribution in [0.15, 0.2) is 6.20 Å². The van der Waals surface area contributed by atoms with Crippen LogP contribution in [-0.4, -0.2) is 44.0 Å². The number of aliphatic hydroxyl groups is 2. The first-order chi connectivity index (χ1) is 9.13. The van der Waals surface area contributed by atoms with Gasteiger partial charge in [0.25, 0.3) is 5.85 Å². The van der Waals surface area contributed by atoms with Gasteiger partial charge in [0.05, 0.1) is 0 Å². The predicted octanol–water partition coefficient (Wildman–Crippen LogP) is 0.610. The van der Waals surface area contributed by atoms with Crippen molar-refractivity contribution in [3.63, 3.8) is 0 Å². The minimum Gasteiger partial charge on any atom is -0.390 e. The van der Waals surface area contributed by atoms with Gasteiger partial charge in [0, 0.05) is 6.20 Å². The SMILES string of the molecule is CC1(F)C(n2cc(F)c(N)nc2=S)OC(F)(CO)C1O. The first kappa shape index (κ1) is 15.2. The maximum Gasteiger partial charge on any atom is 0.263 e. The van der Waals surface area contributed by atoms with Gasteiger partial charge in [-0.15, -0.1) is 0 Å². The summed E-state index contributed by atoms with van der Waals surface area (Å²) in [6, 6.07) is 0. The Balaban J connectivity index is 2.54. The standard InChI is InChI=1S/C10H12F3N3O3S/c1-9(12)6(18)10(13,3-17)19-7(9)16-2-4(11)5(14)15-8(16)20/h2,6-7,17-18H,3H2,1H3,(H2,14,15,20). The molecule has 112 valence electrons. The van der Waals surface area contributed by atoms with Crippen molar-refractivity contribution in [2.45, 2.75) is 30.8 Å². The van der Waals surface area contributed by atoms with E-state index in [1.807, 2.05) is 0 Å². The molecule has 0 radical (unpaired) electrons.